The zero-order valence-electron chi connectivity index (χ0n) is 20.9. The van der Waals surface area contributed by atoms with Crippen molar-refractivity contribution < 1.29 is 14.6 Å². The van der Waals surface area contributed by atoms with Crippen LogP contribution in [0.1, 0.15) is 41.6 Å². The summed E-state index contributed by atoms with van der Waals surface area (Å²) in [4.78, 5) is 27.9. The third-order valence-corrected chi connectivity index (χ3v) is 6.78. The first-order valence-electron chi connectivity index (χ1n) is 12.6. The molecule has 3 heterocycles. The minimum atomic E-state index is -0.124. The minimum Gasteiger partial charge on any atom is -0.457 e. The number of fused-ring (bicyclic) bond motifs is 1. The van der Waals surface area contributed by atoms with Gasteiger partial charge in [0.05, 0.1) is 30.1 Å². The minimum absolute atomic E-state index is 0.00340. The zero-order chi connectivity index (χ0) is 25.8. The van der Waals surface area contributed by atoms with Crippen LogP contribution in [-0.4, -0.2) is 57.8 Å². The standard InChI is InChI=1S/C29H31N5O3/c1-19-4-8-23(9-5-19)37-24-10-6-21(7-11-24)27-26-28(32-18-33-29(26)30)22(16-31-27)15-20-3-2-13-34(17-20)25(36)12-14-35/h4-11,15,18,20,35H,2-3,12-14,16-17H2,1H3,(H2,30,32,33)/b22-15-. The number of amides is 1. The fourth-order valence-electron chi connectivity index (χ4n) is 4.90. The number of aliphatic imine (C=N–C) groups is 1. The van der Waals surface area contributed by atoms with Crippen molar-refractivity contribution >= 4 is 23.0 Å². The Morgan fingerprint density at radius 2 is 1.86 bits per heavy atom. The Morgan fingerprint density at radius 3 is 2.59 bits per heavy atom. The normalized spacial score (nSPS) is 18.3. The number of carbonyl (C=O) groups excluding carboxylic acids is 1. The van der Waals surface area contributed by atoms with E-state index < -0.39 is 0 Å². The van der Waals surface area contributed by atoms with Crippen LogP contribution in [-0.2, 0) is 4.79 Å². The number of aryl methyl sites for hydroxylation is 1. The van der Waals surface area contributed by atoms with Crippen LogP contribution in [0.25, 0.3) is 5.57 Å². The summed E-state index contributed by atoms with van der Waals surface area (Å²) in [6, 6.07) is 15.7. The SMILES string of the molecule is Cc1ccc(Oc2ccc(C3=NC/C(=C/C4CCCN(C(=O)CCO)C4)c4ncnc(N)c43)cc2)cc1. The van der Waals surface area contributed by atoms with Crippen molar-refractivity contribution in [1.29, 1.82) is 0 Å². The lowest BCUT2D eigenvalue weighted by Gasteiger charge is -2.32. The number of aliphatic hydroxyl groups is 1. The van der Waals surface area contributed by atoms with Crippen molar-refractivity contribution in [3.63, 3.8) is 0 Å². The van der Waals surface area contributed by atoms with Gasteiger partial charge in [-0.15, -0.1) is 0 Å². The predicted molar refractivity (Wildman–Crippen MR) is 144 cm³/mol. The van der Waals surface area contributed by atoms with E-state index in [2.05, 4.69) is 16.0 Å². The van der Waals surface area contributed by atoms with Gasteiger partial charge in [-0.1, -0.05) is 23.8 Å². The van der Waals surface area contributed by atoms with Gasteiger partial charge in [0.25, 0.3) is 0 Å². The molecule has 0 saturated carbocycles. The van der Waals surface area contributed by atoms with Crippen LogP contribution >= 0.6 is 0 Å². The van der Waals surface area contributed by atoms with Gasteiger partial charge in [-0.2, -0.15) is 0 Å². The lowest BCUT2D eigenvalue weighted by Crippen LogP contribution is -2.39. The van der Waals surface area contributed by atoms with Crippen LogP contribution in [0.5, 0.6) is 11.5 Å². The molecule has 2 aromatic carbocycles. The van der Waals surface area contributed by atoms with E-state index in [1.807, 2.05) is 60.4 Å². The Labute approximate surface area is 216 Å². The van der Waals surface area contributed by atoms with Gasteiger partial charge in [0, 0.05) is 25.1 Å². The molecule has 0 spiro atoms. The second-order valence-electron chi connectivity index (χ2n) is 9.49. The third kappa shape index (κ3) is 5.54. The van der Waals surface area contributed by atoms with Crippen molar-refractivity contribution in [3.05, 3.63) is 83.3 Å². The van der Waals surface area contributed by atoms with Gasteiger partial charge in [0.2, 0.25) is 5.91 Å². The molecule has 8 nitrogen and oxygen atoms in total. The average Bonchev–Trinajstić information content (AvgIpc) is 2.91. The molecule has 1 atom stereocenters. The quantitative estimate of drug-likeness (QED) is 0.532. The molecule has 3 aromatic rings. The Bertz CT molecular complexity index is 1330. The molecule has 0 aliphatic carbocycles. The second-order valence-corrected chi connectivity index (χ2v) is 9.49. The first kappa shape index (κ1) is 24.6. The number of ether oxygens (including phenoxy) is 1. The molecular weight excluding hydrogens is 466 g/mol. The third-order valence-electron chi connectivity index (χ3n) is 6.78. The van der Waals surface area contributed by atoms with Crippen LogP contribution in [0, 0.1) is 12.8 Å². The summed E-state index contributed by atoms with van der Waals surface area (Å²) in [5, 5.41) is 9.13. The maximum Gasteiger partial charge on any atom is 0.224 e. The molecule has 5 rings (SSSR count). The molecule has 0 radical (unpaired) electrons. The summed E-state index contributed by atoms with van der Waals surface area (Å²) in [7, 11) is 0. The van der Waals surface area contributed by atoms with E-state index in [9.17, 15) is 4.79 Å². The number of anilines is 1. The summed E-state index contributed by atoms with van der Waals surface area (Å²) in [6.45, 7) is 3.76. The number of carbonyl (C=O) groups is 1. The summed E-state index contributed by atoms with van der Waals surface area (Å²) in [6.07, 6.45) is 5.75. The number of likely N-dealkylation sites (tertiary alicyclic amines) is 1. The molecule has 8 heteroatoms. The highest BCUT2D eigenvalue weighted by molar-refractivity contribution is 6.18. The first-order valence-corrected chi connectivity index (χ1v) is 12.6. The molecule has 37 heavy (non-hydrogen) atoms. The highest BCUT2D eigenvalue weighted by Crippen LogP contribution is 2.32. The molecule has 1 saturated heterocycles. The fraction of sp³-hybridized carbons (Fsp3) is 0.310. The molecule has 1 unspecified atom stereocenters. The van der Waals surface area contributed by atoms with Crippen molar-refractivity contribution in [1.82, 2.24) is 14.9 Å². The lowest BCUT2D eigenvalue weighted by atomic mass is 9.90. The van der Waals surface area contributed by atoms with Crippen LogP contribution in [0.3, 0.4) is 0 Å². The molecule has 0 bridgehead atoms. The molecular formula is C29H31N5O3. The molecule has 1 fully saturated rings. The number of rotatable bonds is 6. The van der Waals surface area contributed by atoms with E-state index in [0.717, 1.165) is 59.0 Å². The molecule has 1 amide bonds. The summed E-state index contributed by atoms with van der Waals surface area (Å²) < 4.78 is 5.97. The number of nitrogen functional groups attached to an aromatic ring is 1. The summed E-state index contributed by atoms with van der Waals surface area (Å²) in [5.41, 5.74) is 11.7. The molecule has 2 aliphatic rings. The van der Waals surface area contributed by atoms with Crippen LogP contribution < -0.4 is 10.5 Å². The highest BCUT2D eigenvalue weighted by atomic mass is 16.5. The number of nitrogens with two attached hydrogens (primary N) is 1. The summed E-state index contributed by atoms with van der Waals surface area (Å²) in [5.74, 6) is 2.10. The van der Waals surface area contributed by atoms with Gasteiger partial charge in [0.15, 0.2) is 0 Å². The fourth-order valence-corrected chi connectivity index (χ4v) is 4.90. The van der Waals surface area contributed by atoms with Crippen molar-refractivity contribution in [2.45, 2.75) is 26.2 Å². The van der Waals surface area contributed by atoms with E-state index in [1.165, 1.54) is 11.9 Å². The maximum atomic E-state index is 12.3. The van der Waals surface area contributed by atoms with Crippen molar-refractivity contribution in [2.75, 3.05) is 32.0 Å². The lowest BCUT2D eigenvalue weighted by molar-refractivity contribution is -0.133. The predicted octanol–water partition coefficient (Wildman–Crippen LogP) is 4.01. The monoisotopic (exact) mass is 497 g/mol. The Morgan fingerprint density at radius 1 is 1.14 bits per heavy atom. The second kappa shape index (κ2) is 10.9. The van der Waals surface area contributed by atoms with E-state index >= 15 is 0 Å². The first-order chi connectivity index (χ1) is 18.0. The van der Waals surface area contributed by atoms with Crippen molar-refractivity contribution in [3.8, 4) is 11.5 Å². The van der Waals surface area contributed by atoms with Crippen LogP contribution in [0.15, 0.2) is 65.9 Å². The number of piperidine rings is 1. The number of hydrogen-bond donors (Lipinski definition) is 2. The molecule has 1 aromatic heterocycles. The number of hydrogen-bond acceptors (Lipinski definition) is 7. The van der Waals surface area contributed by atoms with Gasteiger partial charge >= 0.3 is 0 Å². The topological polar surface area (TPSA) is 114 Å². The number of aromatic nitrogens is 2. The number of benzene rings is 2. The van der Waals surface area contributed by atoms with Crippen LogP contribution in [0.4, 0.5) is 5.82 Å². The highest BCUT2D eigenvalue weighted by Gasteiger charge is 2.27. The average molecular weight is 498 g/mol. The Hall–Kier alpha value is -4.04. The van der Waals surface area contributed by atoms with Crippen molar-refractivity contribution in [2.24, 2.45) is 10.9 Å². The molecule has 2 aliphatic heterocycles. The largest absolute Gasteiger partial charge is 0.457 e. The van der Waals surface area contributed by atoms with Gasteiger partial charge < -0.3 is 20.5 Å². The van der Waals surface area contributed by atoms with Gasteiger partial charge in [-0.25, -0.2) is 9.97 Å². The van der Waals surface area contributed by atoms with Crippen LogP contribution in [0.2, 0.25) is 0 Å². The molecule has 190 valence electrons. The van der Waals surface area contributed by atoms with Gasteiger partial charge in [-0.05, 0) is 67.7 Å². The summed E-state index contributed by atoms with van der Waals surface area (Å²) >= 11 is 0. The van der Waals surface area contributed by atoms with E-state index in [0.29, 0.717) is 18.9 Å². The maximum absolute atomic E-state index is 12.3. The number of aliphatic hydroxyl groups excluding tert-OH is 1. The Balaban J connectivity index is 1.38. The van der Waals surface area contributed by atoms with Gasteiger partial charge in [-0.3, -0.25) is 9.79 Å². The number of nitrogens with zero attached hydrogens (tertiary/aromatic N) is 4. The van der Waals surface area contributed by atoms with Gasteiger partial charge in [0.1, 0.15) is 23.6 Å². The molecule has 3 N–H and O–H groups in total. The smallest absolute Gasteiger partial charge is 0.224 e. The van der Waals surface area contributed by atoms with E-state index in [-0.39, 0.29) is 24.9 Å². The van der Waals surface area contributed by atoms with E-state index in [4.69, 9.17) is 20.6 Å². The Kier molecular flexibility index (Phi) is 7.28. The van der Waals surface area contributed by atoms with E-state index in [1.54, 1.807) is 0 Å². The zero-order valence-corrected chi connectivity index (χ0v) is 20.9.